The number of rotatable bonds is 7. The van der Waals surface area contributed by atoms with Crippen molar-refractivity contribution >= 4 is 52.5 Å². The number of anilines is 2. The summed E-state index contributed by atoms with van der Waals surface area (Å²) in [5.74, 6) is -0.594. The van der Waals surface area contributed by atoms with Gasteiger partial charge < -0.3 is 15.4 Å². The van der Waals surface area contributed by atoms with E-state index in [-0.39, 0.29) is 18.1 Å². The number of benzene rings is 3. The number of amides is 2. The zero-order valence-electron chi connectivity index (χ0n) is 16.6. The van der Waals surface area contributed by atoms with Crippen LogP contribution >= 0.6 is 23.2 Å². The van der Waals surface area contributed by atoms with Crippen LogP contribution in [0.1, 0.15) is 5.56 Å². The molecule has 0 saturated heterocycles. The van der Waals surface area contributed by atoms with E-state index in [0.29, 0.717) is 32.7 Å². The maximum atomic E-state index is 12.5. The van der Waals surface area contributed by atoms with Crippen LogP contribution in [0.5, 0.6) is 5.75 Å². The van der Waals surface area contributed by atoms with Crippen LogP contribution < -0.4 is 15.4 Å². The van der Waals surface area contributed by atoms with Gasteiger partial charge in [-0.3, -0.25) is 9.59 Å². The average molecular weight is 466 g/mol. The molecule has 2 amide bonds. The number of carbonyl (C=O) groups is 2. The first-order valence-corrected chi connectivity index (χ1v) is 10.2. The molecule has 2 N–H and O–H groups in total. The Labute approximate surface area is 195 Å². The lowest BCUT2D eigenvalue weighted by Gasteiger charge is -2.10. The number of hydrogen-bond acceptors (Lipinski definition) is 4. The zero-order chi connectivity index (χ0) is 22.9. The van der Waals surface area contributed by atoms with E-state index < -0.39 is 5.91 Å². The molecule has 160 valence electrons. The second-order valence-electron chi connectivity index (χ2n) is 6.51. The van der Waals surface area contributed by atoms with Crippen molar-refractivity contribution in [1.29, 1.82) is 5.26 Å². The van der Waals surface area contributed by atoms with E-state index >= 15 is 0 Å². The van der Waals surface area contributed by atoms with E-state index in [1.54, 1.807) is 72.8 Å². The summed E-state index contributed by atoms with van der Waals surface area (Å²) < 4.78 is 5.61. The SMILES string of the molecule is N#C/C(=C\c1ccccc1OCC(=O)Nc1ccc(Cl)cc1)C(=O)Nc1ccc(Cl)cc1. The highest BCUT2D eigenvalue weighted by molar-refractivity contribution is 6.31. The monoisotopic (exact) mass is 465 g/mol. The van der Waals surface area contributed by atoms with E-state index in [0.717, 1.165) is 0 Å². The highest BCUT2D eigenvalue weighted by Gasteiger charge is 2.12. The average Bonchev–Trinajstić information content (AvgIpc) is 2.79. The first-order chi connectivity index (χ1) is 15.4. The molecule has 0 radical (unpaired) electrons. The van der Waals surface area contributed by atoms with Crippen molar-refractivity contribution in [1.82, 2.24) is 0 Å². The number of ether oxygens (including phenoxy) is 1. The van der Waals surface area contributed by atoms with Crippen molar-refractivity contribution in [3.8, 4) is 11.8 Å². The van der Waals surface area contributed by atoms with Gasteiger partial charge in [-0.25, -0.2) is 0 Å². The third-order valence-corrected chi connectivity index (χ3v) is 4.68. The normalized spacial score (nSPS) is 10.7. The minimum absolute atomic E-state index is 0.124. The zero-order valence-corrected chi connectivity index (χ0v) is 18.2. The van der Waals surface area contributed by atoms with Crippen LogP contribution in [-0.4, -0.2) is 18.4 Å². The molecule has 0 heterocycles. The van der Waals surface area contributed by atoms with Gasteiger partial charge >= 0.3 is 0 Å². The van der Waals surface area contributed by atoms with Crippen molar-refractivity contribution in [2.75, 3.05) is 17.2 Å². The molecule has 32 heavy (non-hydrogen) atoms. The van der Waals surface area contributed by atoms with Gasteiger partial charge in [0.05, 0.1) is 0 Å². The van der Waals surface area contributed by atoms with Crippen molar-refractivity contribution in [3.63, 3.8) is 0 Å². The summed E-state index contributed by atoms with van der Waals surface area (Å²) >= 11 is 11.7. The fourth-order valence-corrected chi connectivity index (χ4v) is 2.89. The lowest BCUT2D eigenvalue weighted by atomic mass is 10.1. The Morgan fingerprint density at radius 3 is 2.03 bits per heavy atom. The van der Waals surface area contributed by atoms with Gasteiger partial charge in [0, 0.05) is 27.0 Å². The van der Waals surface area contributed by atoms with Gasteiger partial charge in [0.25, 0.3) is 11.8 Å². The Hall–Kier alpha value is -3.79. The molecule has 3 rings (SSSR count). The largest absolute Gasteiger partial charge is 0.483 e. The van der Waals surface area contributed by atoms with Gasteiger partial charge in [-0.1, -0.05) is 41.4 Å². The van der Waals surface area contributed by atoms with Crippen LogP contribution in [0.4, 0.5) is 11.4 Å². The second-order valence-corrected chi connectivity index (χ2v) is 7.39. The third-order valence-electron chi connectivity index (χ3n) is 4.17. The molecular formula is C24H17Cl2N3O3. The molecule has 0 fully saturated rings. The maximum absolute atomic E-state index is 12.5. The summed E-state index contributed by atoms with van der Waals surface area (Å²) in [5.41, 5.74) is 1.45. The highest BCUT2D eigenvalue weighted by atomic mass is 35.5. The number of carbonyl (C=O) groups excluding carboxylic acids is 2. The summed E-state index contributed by atoms with van der Waals surface area (Å²) in [6.07, 6.45) is 1.40. The summed E-state index contributed by atoms with van der Waals surface area (Å²) in [6.45, 7) is -0.258. The van der Waals surface area contributed by atoms with E-state index in [1.165, 1.54) is 6.08 Å². The topological polar surface area (TPSA) is 91.2 Å². The van der Waals surface area contributed by atoms with E-state index in [9.17, 15) is 14.9 Å². The van der Waals surface area contributed by atoms with Gasteiger partial charge in [-0.2, -0.15) is 5.26 Å². The molecule has 0 saturated carbocycles. The summed E-state index contributed by atoms with van der Waals surface area (Å²) in [6, 6.07) is 21.9. The number of nitrogens with one attached hydrogen (secondary N) is 2. The lowest BCUT2D eigenvalue weighted by molar-refractivity contribution is -0.118. The molecule has 3 aromatic rings. The summed E-state index contributed by atoms with van der Waals surface area (Å²) in [5, 5.41) is 15.9. The lowest BCUT2D eigenvalue weighted by Crippen LogP contribution is -2.20. The van der Waals surface area contributed by atoms with Gasteiger partial charge in [-0.05, 0) is 60.7 Å². The molecule has 8 heteroatoms. The molecule has 0 aliphatic heterocycles. The Balaban J connectivity index is 1.68. The van der Waals surface area contributed by atoms with Crippen molar-refractivity contribution in [3.05, 3.63) is 94.0 Å². The number of nitrogens with zero attached hydrogens (tertiary/aromatic N) is 1. The van der Waals surface area contributed by atoms with E-state index in [1.807, 2.05) is 6.07 Å². The highest BCUT2D eigenvalue weighted by Crippen LogP contribution is 2.22. The van der Waals surface area contributed by atoms with Crippen LogP contribution in [-0.2, 0) is 9.59 Å². The minimum atomic E-state index is -0.579. The number of halogens is 2. The Morgan fingerprint density at radius 1 is 0.875 bits per heavy atom. The van der Waals surface area contributed by atoms with Gasteiger partial charge in [0.15, 0.2) is 6.61 Å². The number of para-hydroxylation sites is 1. The molecule has 0 atom stereocenters. The van der Waals surface area contributed by atoms with Gasteiger partial charge in [0.1, 0.15) is 17.4 Å². The Kier molecular flexibility index (Phi) is 7.87. The van der Waals surface area contributed by atoms with E-state index in [2.05, 4.69) is 10.6 Å². The Bertz CT molecular complexity index is 1180. The molecule has 0 aromatic heterocycles. The quantitative estimate of drug-likeness (QED) is 0.353. The van der Waals surface area contributed by atoms with Crippen LogP contribution in [0.3, 0.4) is 0 Å². The van der Waals surface area contributed by atoms with Crippen molar-refractivity contribution in [2.45, 2.75) is 0 Å². The third kappa shape index (κ3) is 6.61. The molecule has 0 aliphatic rings. The molecule has 0 unspecified atom stereocenters. The fourth-order valence-electron chi connectivity index (χ4n) is 2.64. The second kappa shape index (κ2) is 11.0. The number of hydrogen-bond donors (Lipinski definition) is 2. The first-order valence-electron chi connectivity index (χ1n) is 9.40. The molecule has 0 aliphatic carbocycles. The maximum Gasteiger partial charge on any atom is 0.266 e. The number of nitriles is 1. The Morgan fingerprint density at radius 2 is 1.44 bits per heavy atom. The van der Waals surface area contributed by atoms with Crippen molar-refractivity contribution < 1.29 is 14.3 Å². The minimum Gasteiger partial charge on any atom is -0.483 e. The predicted octanol–water partition coefficient (Wildman–Crippen LogP) is 5.56. The van der Waals surface area contributed by atoms with Crippen LogP contribution in [0.15, 0.2) is 78.4 Å². The molecule has 6 nitrogen and oxygen atoms in total. The smallest absolute Gasteiger partial charge is 0.266 e. The van der Waals surface area contributed by atoms with Crippen LogP contribution in [0.2, 0.25) is 10.0 Å². The fraction of sp³-hybridized carbons (Fsp3) is 0.0417. The molecule has 0 spiro atoms. The van der Waals surface area contributed by atoms with Crippen LogP contribution in [0, 0.1) is 11.3 Å². The molecule has 0 bridgehead atoms. The van der Waals surface area contributed by atoms with Crippen molar-refractivity contribution in [2.24, 2.45) is 0 Å². The molecule has 3 aromatic carbocycles. The van der Waals surface area contributed by atoms with E-state index in [4.69, 9.17) is 27.9 Å². The van der Waals surface area contributed by atoms with Gasteiger partial charge in [-0.15, -0.1) is 0 Å². The summed E-state index contributed by atoms with van der Waals surface area (Å²) in [7, 11) is 0. The van der Waals surface area contributed by atoms with Gasteiger partial charge in [0.2, 0.25) is 0 Å². The predicted molar refractivity (Wildman–Crippen MR) is 126 cm³/mol. The first kappa shape index (κ1) is 22.9. The summed E-state index contributed by atoms with van der Waals surface area (Å²) in [4.78, 5) is 24.7. The standard InChI is InChI=1S/C24H17Cl2N3O3/c25-18-5-9-20(10-6-18)28-23(30)15-32-22-4-2-1-3-16(22)13-17(14-27)24(31)29-21-11-7-19(26)8-12-21/h1-13H,15H2,(H,28,30)(H,29,31)/b17-13+. The molecular weight excluding hydrogens is 449 g/mol. The van der Waals surface area contributed by atoms with Crippen LogP contribution in [0.25, 0.3) is 6.08 Å².